The number of hydrogen-bond acceptors (Lipinski definition) is 3. The Morgan fingerprint density at radius 1 is 1.42 bits per heavy atom. The van der Waals surface area contributed by atoms with Gasteiger partial charge in [0.2, 0.25) is 0 Å². The van der Waals surface area contributed by atoms with Crippen molar-refractivity contribution in [3.8, 4) is 0 Å². The Hall–Kier alpha value is 0.660. The maximum Gasteiger partial charge on any atom is 0.0116 e. The zero-order valence-electron chi connectivity index (χ0n) is 8.05. The molecule has 0 atom stereocenters. The van der Waals surface area contributed by atoms with Crippen LogP contribution in [0, 0.1) is 0 Å². The first kappa shape index (κ1) is 10.7. The van der Waals surface area contributed by atoms with E-state index in [9.17, 15) is 0 Å². The van der Waals surface area contributed by atoms with Crippen LogP contribution in [0.1, 0.15) is 20.3 Å². The molecular weight excluding hydrogens is 186 g/mol. The van der Waals surface area contributed by atoms with Crippen LogP contribution in [-0.2, 0) is 0 Å². The lowest BCUT2D eigenvalue weighted by atomic mass is 10.1. The van der Waals surface area contributed by atoms with Crippen LogP contribution >= 0.6 is 24.4 Å². The van der Waals surface area contributed by atoms with E-state index < -0.39 is 0 Å². The molecule has 1 aliphatic heterocycles. The first-order valence-corrected chi connectivity index (χ1v) is 6.23. The molecule has 0 unspecified atom stereocenters. The second-order valence-electron chi connectivity index (χ2n) is 3.92. The molecule has 3 heteroatoms. The van der Waals surface area contributed by atoms with Gasteiger partial charge in [-0.1, -0.05) is 13.8 Å². The van der Waals surface area contributed by atoms with E-state index in [1.54, 1.807) is 0 Å². The van der Waals surface area contributed by atoms with Crippen LogP contribution in [0.2, 0.25) is 0 Å². The van der Waals surface area contributed by atoms with Crippen molar-refractivity contribution in [2.24, 2.45) is 0 Å². The van der Waals surface area contributed by atoms with Crippen molar-refractivity contribution < 1.29 is 0 Å². The molecular formula is C9H19NS2. The van der Waals surface area contributed by atoms with Gasteiger partial charge >= 0.3 is 0 Å². The van der Waals surface area contributed by atoms with E-state index in [1.165, 1.54) is 25.3 Å². The maximum absolute atomic E-state index is 4.26. The summed E-state index contributed by atoms with van der Waals surface area (Å²) in [5.41, 5.74) is 0. The molecule has 0 spiro atoms. The molecule has 72 valence electrons. The van der Waals surface area contributed by atoms with Gasteiger partial charge in [-0.25, -0.2) is 0 Å². The molecule has 0 saturated carbocycles. The standard InChI is InChI=1S/C9H19NS2/c1-9(2)3-4-10(5-7-11)6-8-12-9/h11H,3-8H2,1-2H3. The molecule has 0 aliphatic carbocycles. The highest BCUT2D eigenvalue weighted by Gasteiger charge is 2.22. The third-order valence-corrected chi connectivity index (χ3v) is 3.92. The average Bonchev–Trinajstić information content (AvgIpc) is 2.14. The van der Waals surface area contributed by atoms with Gasteiger partial charge in [-0.3, -0.25) is 0 Å². The van der Waals surface area contributed by atoms with Crippen molar-refractivity contribution in [1.82, 2.24) is 4.90 Å². The van der Waals surface area contributed by atoms with E-state index in [2.05, 4.69) is 43.1 Å². The van der Waals surface area contributed by atoms with Gasteiger partial charge in [0, 0.05) is 29.3 Å². The SMILES string of the molecule is CC1(C)CCN(CCS)CCS1. The summed E-state index contributed by atoms with van der Waals surface area (Å²) in [7, 11) is 0. The lowest BCUT2D eigenvalue weighted by molar-refractivity contribution is 0.302. The zero-order valence-corrected chi connectivity index (χ0v) is 9.76. The van der Waals surface area contributed by atoms with Gasteiger partial charge in [0.1, 0.15) is 0 Å². The van der Waals surface area contributed by atoms with Crippen molar-refractivity contribution >= 4 is 24.4 Å². The molecule has 1 heterocycles. The molecule has 0 amide bonds. The van der Waals surface area contributed by atoms with Crippen molar-refractivity contribution in [3.05, 3.63) is 0 Å². The van der Waals surface area contributed by atoms with Gasteiger partial charge in [-0.05, 0) is 13.0 Å². The van der Waals surface area contributed by atoms with Crippen molar-refractivity contribution in [1.29, 1.82) is 0 Å². The Morgan fingerprint density at radius 3 is 2.83 bits per heavy atom. The summed E-state index contributed by atoms with van der Waals surface area (Å²) in [6.45, 7) is 8.35. The fraction of sp³-hybridized carbons (Fsp3) is 1.00. The van der Waals surface area contributed by atoms with Crippen molar-refractivity contribution in [3.63, 3.8) is 0 Å². The molecule has 0 aromatic heterocycles. The molecule has 0 radical (unpaired) electrons. The first-order valence-electron chi connectivity index (χ1n) is 4.61. The molecule has 1 nitrogen and oxygen atoms in total. The molecule has 1 rings (SSSR count). The van der Waals surface area contributed by atoms with Gasteiger partial charge in [0.25, 0.3) is 0 Å². The van der Waals surface area contributed by atoms with Crippen LogP contribution in [0.15, 0.2) is 0 Å². The van der Waals surface area contributed by atoms with Crippen molar-refractivity contribution in [2.75, 3.05) is 31.1 Å². The Balaban J connectivity index is 2.34. The number of thioether (sulfide) groups is 1. The summed E-state index contributed by atoms with van der Waals surface area (Å²) < 4.78 is 0.491. The summed E-state index contributed by atoms with van der Waals surface area (Å²) in [6.07, 6.45) is 1.31. The van der Waals surface area contributed by atoms with Crippen LogP contribution in [0.5, 0.6) is 0 Å². The Kier molecular flexibility index (Phi) is 4.27. The molecule has 0 N–H and O–H groups in total. The number of thiol groups is 1. The third-order valence-electron chi connectivity index (χ3n) is 2.35. The van der Waals surface area contributed by atoms with Gasteiger partial charge in [-0.2, -0.15) is 24.4 Å². The van der Waals surface area contributed by atoms with E-state index in [0.29, 0.717) is 4.75 Å². The van der Waals surface area contributed by atoms with Gasteiger partial charge in [-0.15, -0.1) is 0 Å². The third kappa shape index (κ3) is 3.58. The summed E-state index contributed by atoms with van der Waals surface area (Å²) in [6, 6.07) is 0. The maximum atomic E-state index is 4.26. The zero-order chi connectivity index (χ0) is 9.03. The lowest BCUT2D eigenvalue weighted by Crippen LogP contribution is -2.29. The Morgan fingerprint density at radius 2 is 2.17 bits per heavy atom. The average molecular weight is 205 g/mol. The monoisotopic (exact) mass is 205 g/mol. The molecule has 0 aromatic rings. The largest absolute Gasteiger partial charge is 0.302 e. The van der Waals surface area contributed by atoms with Crippen LogP contribution in [0.25, 0.3) is 0 Å². The van der Waals surface area contributed by atoms with E-state index >= 15 is 0 Å². The second kappa shape index (κ2) is 4.77. The van der Waals surface area contributed by atoms with Gasteiger partial charge < -0.3 is 4.90 Å². The normalized spacial score (nSPS) is 25.2. The predicted molar refractivity (Wildman–Crippen MR) is 61.4 cm³/mol. The van der Waals surface area contributed by atoms with Crippen LogP contribution in [-0.4, -0.2) is 40.8 Å². The highest BCUT2D eigenvalue weighted by molar-refractivity contribution is 8.00. The molecule has 1 fully saturated rings. The molecule has 0 bridgehead atoms. The first-order chi connectivity index (χ1) is 5.64. The summed E-state index contributed by atoms with van der Waals surface area (Å²) in [5, 5.41) is 0. The van der Waals surface area contributed by atoms with Crippen LogP contribution in [0.4, 0.5) is 0 Å². The van der Waals surface area contributed by atoms with E-state index in [0.717, 1.165) is 12.3 Å². The minimum Gasteiger partial charge on any atom is -0.302 e. The van der Waals surface area contributed by atoms with Gasteiger partial charge in [0.15, 0.2) is 0 Å². The molecule has 12 heavy (non-hydrogen) atoms. The second-order valence-corrected chi connectivity index (χ2v) is 6.17. The Bertz CT molecular complexity index is 136. The van der Waals surface area contributed by atoms with E-state index in [-0.39, 0.29) is 0 Å². The summed E-state index contributed by atoms with van der Waals surface area (Å²) >= 11 is 6.36. The summed E-state index contributed by atoms with van der Waals surface area (Å²) in [4.78, 5) is 2.52. The summed E-state index contributed by atoms with van der Waals surface area (Å²) in [5.74, 6) is 2.27. The van der Waals surface area contributed by atoms with Crippen LogP contribution < -0.4 is 0 Å². The van der Waals surface area contributed by atoms with Crippen LogP contribution in [0.3, 0.4) is 0 Å². The highest BCUT2D eigenvalue weighted by atomic mass is 32.2. The number of nitrogens with zero attached hydrogens (tertiary/aromatic N) is 1. The molecule has 1 saturated heterocycles. The number of hydrogen-bond donors (Lipinski definition) is 1. The minimum absolute atomic E-state index is 0.491. The van der Waals surface area contributed by atoms with Crippen molar-refractivity contribution in [2.45, 2.75) is 25.0 Å². The highest BCUT2D eigenvalue weighted by Crippen LogP contribution is 2.30. The fourth-order valence-electron chi connectivity index (χ4n) is 1.43. The topological polar surface area (TPSA) is 3.24 Å². The quantitative estimate of drug-likeness (QED) is 0.688. The number of rotatable bonds is 2. The lowest BCUT2D eigenvalue weighted by Gasteiger charge is -2.22. The smallest absolute Gasteiger partial charge is 0.0116 e. The van der Waals surface area contributed by atoms with E-state index in [4.69, 9.17) is 0 Å². The van der Waals surface area contributed by atoms with E-state index in [1.807, 2.05) is 0 Å². The predicted octanol–water partition coefficient (Wildman–Crippen LogP) is 2.13. The minimum atomic E-state index is 0.491. The molecule has 1 aliphatic rings. The molecule has 0 aromatic carbocycles. The Labute approximate surface area is 85.7 Å². The van der Waals surface area contributed by atoms with Gasteiger partial charge in [0.05, 0.1) is 0 Å². The fourth-order valence-corrected chi connectivity index (χ4v) is 2.85.